The predicted molar refractivity (Wildman–Crippen MR) is 74.0 cm³/mol. The number of nitrogens with zero attached hydrogens (tertiary/aromatic N) is 1. The maximum atomic E-state index is 12.7. The van der Waals surface area contributed by atoms with Crippen LogP contribution in [0.1, 0.15) is 18.9 Å². The van der Waals surface area contributed by atoms with E-state index in [2.05, 4.69) is 10.3 Å². The average molecular weight is 309 g/mol. The van der Waals surface area contributed by atoms with E-state index in [1.54, 1.807) is 0 Å². The first-order valence-electron chi connectivity index (χ1n) is 5.74. The van der Waals surface area contributed by atoms with Crippen LogP contribution in [0.4, 0.5) is 18.9 Å². The standard InChI is InChI=1S/C12H12ClF3N2S/c1-2-7-6-19-11(17-7)18-8-3-4-10(13)9(5-8)12(14,15)16/h3-5,7H,2,6H2,1H3,(H,17,18). The van der Waals surface area contributed by atoms with E-state index in [4.69, 9.17) is 11.6 Å². The average Bonchev–Trinajstić information content (AvgIpc) is 2.78. The molecular weight excluding hydrogens is 297 g/mol. The summed E-state index contributed by atoms with van der Waals surface area (Å²) in [6.45, 7) is 2.03. The monoisotopic (exact) mass is 308 g/mol. The second kappa shape index (κ2) is 5.63. The fourth-order valence-electron chi connectivity index (χ4n) is 1.64. The number of halogens is 4. The van der Waals surface area contributed by atoms with Crippen molar-refractivity contribution in [2.75, 3.05) is 11.1 Å². The summed E-state index contributed by atoms with van der Waals surface area (Å²) < 4.78 is 38.1. The first-order chi connectivity index (χ1) is 8.90. The van der Waals surface area contributed by atoms with Crippen molar-refractivity contribution in [1.82, 2.24) is 0 Å². The van der Waals surface area contributed by atoms with Gasteiger partial charge in [-0.1, -0.05) is 30.3 Å². The van der Waals surface area contributed by atoms with Gasteiger partial charge in [0.05, 0.1) is 16.6 Å². The summed E-state index contributed by atoms with van der Waals surface area (Å²) in [4.78, 5) is 4.37. The lowest BCUT2D eigenvalue weighted by molar-refractivity contribution is -0.137. The van der Waals surface area contributed by atoms with Crippen molar-refractivity contribution in [2.45, 2.75) is 25.6 Å². The number of rotatable bonds is 2. The third kappa shape index (κ3) is 3.57. The Balaban J connectivity index is 2.18. The van der Waals surface area contributed by atoms with Gasteiger partial charge in [-0.05, 0) is 24.6 Å². The number of hydrogen-bond acceptors (Lipinski definition) is 3. The molecule has 1 unspecified atom stereocenters. The quantitative estimate of drug-likeness (QED) is 0.860. The van der Waals surface area contributed by atoms with Crippen molar-refractivity contribution in [2.24, 2.45) is 4.99 Å². The molecule has 2 rings (SSSR count). The van der Waals surface area contributed by atoms with E-state index in [-0.39, 0.29) is 11.1 Å². The van der Waals surface area contributed by atoms with Crippen molar-refractivity contribution in [1.29, 1.82) is 0 Å². The molecule has 0 saturated carbocycles. The molecule has 0 amide bonds. The molecule has 0 saturated heterocycles. The zero-order valence-electron chi connectivity index (χ0n) is 10.1. The van der Waals surface area contributed by atoms with E-state index in [1.165, 1.54) is 23.9 Å². The molecule has 19 heavy (non-hydrogen) atoms. The zero-order chi connectivity index (χ0) is 14.0. The van der Waals surface area contributed by atoms with Gasteiger partial charge < -0.3 is 5.32 Å². The lowest BCUT2D eigenvalue weighted by atomic mass is 10.2. The van der Waals surface area contributed by atoms with Gasteiger partial charge in [-0.15, -0.1) is 0 Å². The maximum absolute atomic E-state index is 12.7. The molecule has 1 atom stereocenters. The van der Waals surface area contributed by atoms with E-state index in [9.17, 15) is 13.2 Å². The Labute approximate surface area is 118 Å². The highest BCUT2D eigenvalue weighted by atomic mass is 35.5. The third-order valence-corrected chi connectivity index (χ3v) is 4.07. The lowest BCUT2D eigenvalue weighted by Crippen LogP contribution is -2.09. The summed E-state index contributed by atoms with van der Waals surface area (Å²) in [5.74, 6) is 0.860. The molecule has 0 bridgehead atoms. The summed E-state index contributed by atoms with van der Waals surface area (Å²) in [6, 6.07) is 4.00. The van der Waals surface area contributed by atoms with Gasteiger partial charge in [0, 0.05) is 11.4 Å². The molecule has 1 aliphatic rings. The minimum Gasteiger partial charge on any atom is -0.335 e. The van der Waals surface area contributed by atoms with Crippen LogP contribution < -0.4 is 5.32 Å². The van der Waals surface area contributed by atoms with Crippen molar-refractivity contribution >= 4 is 34.2 Å². The Morgan fingerprint density at radius 1 is 1.47 bits per heavy atom. The maximum Gasteiger partial charge on any atom is 0.417 e. The molecule has 1 aromatic rings. The number of benzene rings is 1. The van der Waals surface area contributed by atoms with Crippen LogP contribution >= 0.6 is 23.4 Å². The van der Waals surface area contributed by atoms with Gasteiger partial charge in [0.15, 0.2) is 5.17 Å². The number of hydrogen-bond donors (Lipinski definition) is 1. The topological polar surface area (TPSA) is 24.4 Å². The lowest BCUT2D eigenvalue weighted by Gasteiger charge is -2.11. The van der Waals surface area contributed by atoms with Crippen LogP contribution in [0.15, 0.2) is 23.2 Å². The highest BCUT2D eigenvalue weighted by Crippen LogP contribution is 2.36. The smallest absolute Gasteiger partial charge is 0.335 e. The minimum absolute atomic E-state index is 0.238. The van der Waals surface area contributed by atoms with E-state index in [0.717, 1.165) is 18.2 Å². The minimum atomic E-state index is -4.45. The first-order valence-corrected chi connectivity index (χ1v) is 7.11. The molecule has 1 aromatic carbocycles. The Kier molecular flexibility index (Phi) is 4.30. The van der Waals surface area contributed by atoms with Gasteiger partial charge in [-0.25, -0.2) is 0 Å². The molecule has 0 spiro atoms. The van der Waals surface area contributed by atoms with Crippen LogP contribution in [0, 0.1) is 0 Å². The first kappa shape index (κ1) is 14.5. The number of amidine groups is 1. The summed E-state index contributed by atoms with van der Waals surface area (Å²) in [5.41, 5.74) is -0.491. The van der Waals surface area contributed by atoms with Crippen molar-refractivity contribution in [3.8, 4) is 0 Å². The normalized spacial score (nSPS) is 19.4. The number of nitrogens with one attached hydrogen (secondary N) is 1. The zero-order valence-corrected chi connectivity index (χ0v) is 11.7. The van der Waals surface area contributed by atoms with Gasteiger partial charge in [-0.3, -0.25) is 4.99 Å². The van der Waals surface area contributed by atoms with Crippen LogP contribution in [0.25, 0.3) is 0 Å². The van der Waals surface area contributed by atoms with Crippen LogP contribution in [-0.4, -0.2) is 17.0 Å². The Hall–Kier alpha value is -0.880. The molecule has 0 fully saturated rings. The molecule has 2 nitrogen and oxygen atoms in total. The van der Waals surface area contributed by atoms with Crippen LogP contribution in [0.5, 0.6) is 0 Å². The second-order valence-electron chi connectivity index (χ2n) is 4.12. The second-order valence-corrected chi connectivity index (χ2v) is 5.54. The van der Waals surface area contributed by atoms with E-state index in [0.29, 0.717) is 10.9 Å². The number of thioether (sulfide) groups is 1. The van der Waals surface area contributed by atoms with Crippen LogP contribution in [0.3, 0.4) is 0 Å². The molecule has 1 aliphatic heterocycles. The van der Waals surface area contributed by atoms with E-state index in [1.807, 2.05) is 6.92 Å². The molecule has 1 heterocycles. The molecule has 0 radical (unpaired) electrons. The van der Waals surface area contributed by atoms with Gasteiger partial charge in [0.2, 0.25) is 0 Å². The molecule has 1 N–H and O–H groups in total. The fourth-order valence-corrected chi connectivity index (χ4v) is 2.94. The highest BCUT2D eigenvalue weighted by molar-refractivity contribution is 8.14. The third-order valence-electron chi connectivity index (χ3n) is 2.71. The molecule has 7 heteroatoms. The van der Waals surface area contributed by atoms with Crippen molar-refractivity contribution < 1.29 is 13.2 Å². The Morgan fingerprint density at radius 2 is 2.21 bits per heavy atom. The van der Waals surface area contributed by atoms with E-state index < -0.39 is 11.7 Å². The Morgan fingerprint density at radius 3 is 2.79 bits per heavy atom. The van der Waals surface area contributed by atoms with Crippen LogP contribution in [-0.2, 0) is 6.18 Å². The summed E-state index contributed by atoms with van der Waals surface area (Å²) in [7, 11) is 0. The SMILES string of the molecule is CCC1CSC(Nc2ccc(Cl)c(C(F)(F)F)c2)=N1. The van der Waals surface area contributed by atoms with Gasteiger partial charge in [-0.2, -0.15) is 13.2 Å². The number of aliphatic imine (C=N–C) groups is 1. The van der Waals surface area contributed by atoms with Crippen LogP contribution in [0.2, 0.25) is 5.02 Å². The van der Waals surface area contributed by atoms with Crippen molar-refractivity contribution in [3.05, 3.63) is 28.8 Å². The van der Waals surface area contributed by atoms with Gasteiger partial charge >= 0.3 is 6.18 Å². The number of alkyl halides is 3. The van der Waals surface area contributed by atoms with Gasteiger partial charge in [0.1, 0.15) is 0 Å². The largest absolute Gasteiger partial charge is 0.417 e. The Bertz CT molecular complexity index is 502. The molecule has 0 aliphatic carbocycles. The summed E-state index contributed by atoms with van der Waals surface area (Å²) in [5, 5.41) is 3.25. The summed E-state index contributed by atoms with van der Waals surface area (Å²) in [6.07, 6.45) is -3.53. The molecule has 104 valence electrons. The summed E-state index contributed by atoms with van der Waals surface area (Å²) >= 11 is 7.07. The molecule has 0 aromatic heterocycles. The highest BCUT2D eigenvalue weighted by Gasteiger charge is 2.33. The molecular formula is C12H12ClF3N2S. The number of anilines is 1. The predicted octanol–water partition coefficient (Wildman–Crippen LogP) is 4.65. The van der Waals surface area contributed by atoms with Crippen molar-refractivity contribution in [3.63, 3.8) is 0 Å². The van der Waals surface area contributed by atoms with E-state index >= 15 is 0 Å². The van der Waals surface area contributed by atoms with Gasteiger partial charge in [0.25, 0.3) is 0 Å². The fraction of sp³-hybridized carbons (Fsp3) is 0.417.